The van der Waals surface area contributed by atoms with Gasteiger partial charge in [-0.15, -0.1) is 5.10 Å². The molecule has 0 bridgehead atoms. The Labute approximate surface area is 118 Å². The highest BCUT2D eigenvalue weighted by Gasteiger charge is 2.00. The predicted octanol–water partition coefficient (Wildman–Crippen LogP) is 3.37. The van der Waals surface area contributed by atoms with Crippen LogP contribution in [0.4, 0.5) is 0 Å². The minimum Gasteiger partial charge on any atom is -0.494 e. The summed E-state index contributed by atoms with van der Waals surface area (Å²) < 4.78 is 5.70. The summed E-state index contributed by atoms with van der Waals surface area (Å²) in [5, 5.41) is 7.76. The van der Waals surface area contributed by atoms with Gasteiger partial charge in [0.15, 0.2) is 0 Å². The molecule has 0 atom stereocenters. The first-order chi connectivity index (χ1) is 9.24. The molecule has 0 fully saturated rings. The van der Waals surface area contributed by atoms with Crippen LogP contribution in [-0.2, 0) is 0 Å². The molecule has 2 rings (SSSR count). The highest BCUT2D eigenvalue weighted by atomic mass is 32.2. The molecular weight excluding hydrogens is 258 g/mol. The van der Waals surface area contributed by atoms with Crippen molar-refractivity contribution in [2.75, 3.05) is 12.4 Å². The maximum atomic E-state index is 5.70. The number of ether oxygens (including phenoxy) is 1. The van der Waals surface area contributed by atoms with Crippen LogP contribution in [0, 0.1) is 13.8 Å². The fourth-order valence-corrected chi connectivity index (χ4v) is 2.49. The largest absolute Gasteiger partial charge is 0.494 e. The molecule has 1 N–H and O–H groups in total. The monoisotopic (exact) mass is 277 g/mol. The minimum absolute atomic E-state index is 0.761. The average molecular weight is 277 g/mol. The smallest absolute Gasteiger partial charge is 0.208 e. The second kappa shape index (κ2) is 7.19. The molecular formula is C14H19N3OS. The Hall–Kier alpha value is -1.49. The van der Waals surface area contributed by atoms with Crippen LogP contribution < -0.4 is 4.74 Å². The molecule has 0 spiro atoms. The molecule has 4 nitrogen and oxygen atoms in total. The Morgan fingerprint density at radius 1 is 1.26 bits per heavy atom. The number of rotatable bonds is 7. The average Bonchev–Trinajstić information content (AvgIpc) is 2.79. The predicted molar refractivity (Wildman–Crippen MR) is 77.8 cm³/mol. The van der Waals surface area contributed by atoms with Gasteiger partial charge in [-0.25, -0.2) is 4.98 Å². The van der Waals surface area contributed by atoms with Gasteiger partial charge in [-0.05, 0) is 44.4 Å². The molecule has 19 heavy (non-hydrogen) atoms. The van der Waals surface area contributed by atoms with Gasteiger partial charge < -0.3 is 4.74 Å². The third-order valence-corrected chi connectivity index (χ3v) is 3.54. The summed E-state index contributed by atoms with van der Waals surface area (Å²) in [5.41, 5.74) is 1.23. The molecule has 2 aromatic rings. The lowest BCUT2D eigenvalue weighted by Gasteiger charge is -2.06. The van der Waals surface area contributed by atoms with E-state index in [1.807, 2.05) is 19.1 Å². The topological polar surface area (TPSA) is 50.8 Å². The molecule has 0 amide bonds. The quantitative estimate of drug-likeness (QED) is 0.622. The first kappa shape index (κ1) is 13.9. The lowest BCUT2D eigenvalue weighted by atomic mass is 10.2. The first-order valence-electron chi connectivity index (χ1n) is 6.45. The van der Waals surface area contributed by atoms with E-state index in [1.54, 1.807) is 11.8 Å². The van der Waals surface area contributed by atoms with Gasteiger partial charge >= 0.3 is 0 Å². The Kier molecular flexibility index (Phi) is 5.27. The number of nitrogens with zero attached hydrogens (tertiary/aromatic N) is 2. The standard InChI is InChI=1S/C14H19N3OS/c1-11-6-5-7-13(10-11)18-8-3-4-9-19-14-15-12(2)16-17-14/h5-7,10H,3-4,8-9H2,1-2H3,(H,15,16,17). The second-order valence-electron chi connectivity index (χ2n) is 4.42. The van der Waals surface area contributed by atoms with E-state index in [1.165, 1.54) is 5.56 Å². The highest BCUT2D eigenvalue weighted by Crippen LogP contribution is 2.15. The lowest BCUT2D eigenvalue weighted by molar-refractivity contribution is 0.309. The van der Waals surface area contributed by atoms with E-state index >= 15 is 0 Å². The van der Waals surface area contributed by atoms with Gasteiger partial charge in [0.25, 0.3) is 0 Å². The van der Waals surface area contributed by atoms with Crippen molar-refractivity contribution in [1.29, 1.82) is 0 Å². The second-order valence-corrected chi connectivity index (χ2v) is 5.49. The molecule has 0 saturated heterocycles. The van der Waals surface area contributed by atoms with Crippen molar-refractivity contribution in [2.45, 2.75) is 31.8 Å². The fourth-order valence-electron chi connectivity index (χ4n) is 1.65. The van der Waals surface area contributed by atoms with E-state index in [-0.39, 0.29) is 0 Å². The number of H-pyrrole nitrogens is 1. The van der Waals surface area contributed by atoms with Gasteiger partial charge in [-0.3, -0.25) is 5.10 Å². The Balaban J connectivity index is 1.57. The number of nitrogens with one attached hydrogen (secondary N) is 1. The molecule has 102 valence electrons. The van der Waals surface area contributed by atoms with Crippen molar-refractivity contribution in [3.05, 3.63) is 35.7 Å². The molecule has 1 heterocycles. The minimum atomic E-state index is 0.761. The lowest BCUT2D eigenvalue weighted by Crippen LogP contribution is -1.98. The number of hydrogen-bond donors (Lipinski definition) is 1. The van der Waals surface area contributed by atoms with Crippen LogP contribution in [0.2, 0.25) is 0 Å². The summed E-state index contributed by atoms with van der Waals surface area (Å²) in [6.45, 7) is 4.74. The molecule has 0 radical (unpaired) electrons. The van der Waals surface area contributed by atoms with Crippen molar-refractivity contribution < 1.29 is 4.74 Å². The Bertz CT molecular complexity index is 513. The molecule has 0 unspecified atom stereocenters. The first-order valence-corrected chi connectivity index (χ1v) is 7.44. The van der Waals surface area contributed by atoms with Crippen molar-refractivity contribution in [2.24, 2.45) is 0 Å². The van der Waals surface area contributed by atoms with Crippen LogP contribution in [0.1, 0.15) is 24.2 Å². The van der Waals surface area contributed by atoms with Crippen LogP contribution in [0.15, 0.2) is 29.4 Å². The van der Waals surface area contributed by atoms with E-state index in [0.717, 1.165) is 41.9 Å². The van der Waals surface area contributed by atoms with Gasteiger partial charge in [0.2, 0.25) is 5.16 Å². The zero-order valence-corrected chi connectivity index (χ0v) is 12.2. The van der Waals surface area contributed by atoms with Crippen LogP contribution in [0.25, 0.3) is 0 Å². The van der Waals surface area contributed by atoms with Crippen molar-refractivity contribution in [3.63, 3.8) is 0 Å². The maximum absolute atomic E-state index is 5.70. The molecule has 0 aliphatic heterocycles. The third kappa shape index (κ3) is 4.95. The van der Waals surface area contributed by atoms with E-state index < -0.39 is 0 Å². The zero-order valence-electron chi connectivity index (χ0n) is 11.3. The highest BCUT2D eigenvalue weighted by molar-refractivity contribution is 7.99. The van der Waals surface area contributed by atoms with Gasteiger partial charge in [0.1, 0.15) is 11.6 Å². The Morgan fingerprint density at radius 3 is 2.89 bits per heavy atom. The number of benzene rings is 1. The SMILES string of the molecule is Cc1cccc(OCCCCSc2n[nH]c(C)n2)c1. The number of aromatic nitrogens is 3. The third-order valence-electron chi connectivity index (χ3n) is 2.60. The number of aromatic amines is 1. The van der Waals surface area contributed by atoms with Crippen LogP contribution in [0.5, 0.6) is 5.75 Å². The summed E-state index contributed by atoms with van der Waals surface area (Å²) in [6.07, 6.45) is 2.15. The van der Waals surface area contributed by atoms with Crippen molar-refractivity contribution in [1.82, 2.24) is 15.2 Å². The number of thioether (sulfide) groups is 1. The summed E-state index contributed by atoms with van der Waals surface area (Å²) in [5.74, 6) is 2.84. The van der Waals surface area contributed by atoms with Crippen LogP contribution >= 0.6 is 11.8 Å². The molecule has 0 aliphatic carbocycles. The van der Waals surface area contributed by atoms with Crippen molar-refractivity contribution in [3.8, 4) is 5.75 Å². The van der Waals surface area contributed by atoms with Gasteiger partial charge in [0, 0.05) is 5.75 Å². The molecule has 0 aliphatic rings. The van der Waals surface area contributed by atoms with Crippen molar-refractivity contribution >= 4 is 11.8 Å². The van der Waals surface area contributed by atoms with E-state index in [0.29, 0.717) is 0 Å². The Morgan fingerprint density at radius 2 is 2.16 bits per heavy atom. The summed E-state index contributed by atoms with van der Waals surface area (Å²) >= 11 is 1.68. The number of hydrogen-bond acceptors (Lipinski definition) is 4. The van der Waals surface area contributed by atoms with Gasteiger partial charge in [0.05, 0.1) is 6.61 Å². The van der Waals surface area contributed by atoms with E-state index in [2.05, 4.69) is 34.2 Å². The zero-order chi connectivity index (χ0) is 13.5. The fraction of sp³-hybridized carbons (Fsp3) is 0.429. The molecule has 5 heteroatoms. The van der Waals surface area contributed by atoms with E-state index in [4.69, 9.17) is 4.74 Å². The van der Waals surface area contributed by atoms with Gasteiger partial charge in [-0.2, -0.15) is 0 Å². The number of aryl methyl sites for hydroxylation is 2. The van der Waals surface area contributed by atoms with E-state index in [9.17, 15) is 0 Å². The normalized spacial score (nSPS) is 10.6. The molecule has 1 aromatic carbocycles. The van der Waals surface area contributed by atoms with Gasteiger partial charge in [-0.1, -0.05) is 23.9 Å². The molecule has 0 saturated carbocycles. The summed E-state index contributed by atoms with van der Waals surface area (Å²) in [6, 6.07) is 8.15. The summed E-state index contributed by atoms with van der Waals surface area (Å²) in [4.78, 5) is 4.25. The maximum Gasteiger partial charge on any atom is 0.208 e. The van der Waals surface area contributed by atoms with Crippen LogP contribution in [-0.4, -0.2) is 27.5 Å². The number of unbranched alkanes of at least 4 members (excludes halogenated alkanes) is 1. The van der Waals surface area contributed by atoms with Crippen LogP contribution in [0.3, 0.4) is 0 Å². The summed E-state index contributed by atoms with van der Waals surface area (Å²) in [7, 11) is 0. The molecule has 1 aromatic heterocycles.